The van der Waals surface area contributed by atoms with Gasteiger partial charge in [-0.25, -0.2) is 0 Å². The molecule has 0 nitrogen and oxygen atoms in total. The summed E-state index contributed by atoms with van der Waals surface area (Å²) < 4.78 is 0. The van der Waals surface area contributed by atoms with Crippen LogP contribution in [0.3, 0.4) is 0 Å². The summed E-state index contributed by atoms with van der Waals surface area (Å²) in [5.74, 6) is 0. The molecule has 3 aliphatic rings. The molecular weight excluding hydrogens is 432 g/mol. The summed E-state index contributed by atoms with van der Waals surface area (Å²) >= 11 is 0. The molecule has 3 aliphatic carbocycles. The lowest BCUT2D eigenvalue weighted by Gasteiger charge is -2.62. The van der Waals surface area contributed by atoms with Gasteiger partial charge in [-0.1, -0.05) is 75.8 Å². The summed E-state index contributed by atoms with van der Waals surface area (Å²) in [6.45, 7) is 39.2. The smallest absolute Gasteiger partial charge is 0.0194 e. The number of hydrogen-bond donors (Lipinski definition) is 0. The maximum absolute atomic E-state index is 4.86. The molecule has 36 heavy (non-hydrogen) atoms. The minimum atomic E-state index is -0.102. The molecule has 0 aliphatic heterocycles. The molecule has 192 valence electrons. The molecule has 1 aromatic carbocycles. The van der Waals surface area contributed by atoms with Crippen LogP contribution in [0.2, 0.25) is 0 Å². The maximum atomic E-state index is 4.86. The summed E-state index contributed by atoms with van der Waals surface area (Å²) in [4.78, 5) is 0. The largest absolute Gasteiger partial charge is 0.100 e. The van der Waals surface area contributed by atoms with Crippen LogP contribution in [0.1, 0.15) is 102 Å². The minimum absolute atomic E-state index is 0.0826. The first-order chi connectivity index (χ1) is 16.6. The highest BCUT2D eigenvalue weighted by molar-refractivity contribution is 5.87. The van der Waals surface area contributed by atoms with E-state index in [0.717, 1.165) is 44.1 Å². The Morgan fingerprint density at radius 1 is 0.972 bits per heavy atom. The zero-order chi connectivity index (χ0) is 27.0. The van der Waals surface area contributed by atoms with Crippen molar-refractivity contribution in [3.8, 4) is 0 Å². The Bertz CT molecular complexity index is 1290. The Balaban J connectivity index is 1.98. The van der Waals surface area contributed by atoms with Crippen LogP contribution in [0, 0.1) is 23.2 Å². The highest BCUT2D eigenvalue weighted by Crippen LogP contribution is 2.70. The Hall–Kier alpha value is -2.34. The summed E-state index contributed by atoms with van der Waals surface area (Å²) in [5, 5.41) is 0. The molecular formula is C36H48. The van der Waals surface area contributed by atoms with E-state index in [0.29, 0.717) is 0 Å². The number of fused-ring (bicyclic) bond motifs is 3. The molecule has 3 atom stereocenters. The molecule has 1 aromatic rings. The predicted molar refractivity (Wildman–Crippen MR) is 159 cm³/mol. The fourth-order valence-corrected chi connectivity index (χ4v) is 8.66. The number of hydrogen-bond acceptors (Lipinski definition) is 0. The van der Waals surface area contributed by atoms with Crippen molar-refractivity contribution in [2.45, 2.75) is 101 Å². The second-order valence-electron chi connectivity index (χ2n) is 13.2. The lowest BCUT2D eigenvalue weighted by atomic mass is 9.41. The first kappa shape index (κ1) is 26.7. The van der Waals surface area contributed by atoms with Gasteiger partial charge in [0.25, 0.3) is 0 Å². The van der Waals surface area contributed by atoms with E-state index in [1.807, 2.05) is 0 Å². The molecule has 0 heteroatoms. The topological polar surface area (TPSA) is 0 Å². The second-order valence-corrected chi connectivity index (χ2v) is 13.2. The molecule has 0 amide bonds. The van der Waals surface area contributed by atoms with E-state index in [4.69, 9.17) is 13.2 Å². The van der Waals surface area contributed by atoms with Gasteiger partial charge in [-0.2, -0.15) is 0 Å². The summed E-state index contributed by atoms with van der Waals surface area (Å²) in [5.41, 5.74) is 18.1. The van der Waals surface area contributed by atoms with Crippen molar-refractivity contribution < 1.29 is 0 Å². The van der Waals surface area contributed by atoms with Gasteiger partial charge in [0.05, 0.1) is 0 Å². The third-order valence-electron chi connectivity index (χ3n) is 10.4. The van der Waals surface area contributed by atoms with E-state index in [1.54, 1.807) is 5.56 Å². The zero-order valence-corrected chi connectivity index (χ0v) is 24.6. The van der Waals surface area contributed by atoms with Gasteiger partial charge in [-0.15, -0.1) is 6.58 Å². The van der Waals surface area contributed by atoms with Crippen LogP contribution in [-0.2, 0) is 19.3 Å². The van der Waals surface area contributed by atoms with E-state index >= 15 is 0 Å². The Morgan fingerprint density at radius 3 is 2.17 bits per heavy atom. The van der Waals surface area contributed by atoms with Crippen LogP contribution in [0.15, 0.2) is 71.4 Å². The average molecular weight is 481 g/mol. The number of rotatable bonds is 5. The Kier molecular flexibility index (Phi) is 6.39. The fraction of sp³-hybridized carbons (Fsp3) is 0.500. The van der Waals surface area contributed by atoms with Crippen molar-refractivity contribution in [3.63, 3.8) is 0 Å². The number of aryl methyl sites for hydroxylation is 2. The summed E-state index contributed by atoms with van der Waals surface area (Å²) in [6, 6.07) is 2.50. The van der Waals surface area contributed by atoms with E-state index in [2.05, 4.69) is 81.5 Å². The summed E-state index contributed by atoms with van der Waals surface area (Å²) in [7, 11) is 0. The van der Waals surface area contributed by atoms with Gasteiger partial charge in [-0.3, -0.25) is 0 Å². The molecule has 4 rings (SSSR count). The van der Waals surface area contributed by atoms with Crippen molar-refractivity contribution >= 4 is 5.57 Å². The lowest BCUT2D eigenvalue weighted by molar-refractivity contribution is 0.0543. The molecule has 0 N–H and O–H groups in total. The Morgan fingerprint density at radius 2 is 1.61 bits per heavy atom. The van der Waals surface area contributed by atoms with Gasteiger partial charge in [0.1, 0.15) is 0 Å². The van der Waals surface area contributed by atoms with E-state index in [-0.39, 0.29) is 16.2 Å². The first-order valence-corrected chi connectivity index (χ1v) is 13.9. The van der Waals surface area contributed by atoms with Crippen molar-refractivity contribution in [1.29, 1.82) is 0 Å². The molecule has 0 bridgehead atoms. The molecule has 0 heterocycles. The molecule has 0 saturated heterocycles. The van der Waals surface area contributed by atoms with E-state index in [1.165, 1.54) is 61.3 Å². The van der Waals surface area contributed by atoms with E-state index in [9.17, 15) is 0 Å². The normalized spacial score (nSPS) is 29.7. The number of benzene rings is 1. The van der Waals surface area contributed by atoms with Crippen LogP contribution in [0.25, 0.3) is 5.57 Å². The highest BCUT2D eigenvalue weighted by Gasteiger charge is 2.59. The standard InChI is InChI=1S/C36H48/c1-14-28-17-29(16-15-21(2)3)24(7)32-25(8)33-27(10)36(13)26(9)31(22(4)5)23(6)18-35(36,12)20-34(33,11)19-30(28)32/h17H,2,4,8-9,14-16,18-20H2,1,3,5-7,10-13H3/t34-,35+,36-/m1/s1. The van der Waals surface area contributed by atoms with Crippen LogP contribution >= 0.6 is 0 Å². The second kappa shape index (κ2) is 8.61. The molecule has 0 spiro atoms. The number of allylic oxidation sites excluding steroid dienone is 8. The van der Waals surface area contributed by atoms with Gasteiger partial charge in [0.2, 0.25) is 0 Å². The van der Waals surface area contributed by atoms with Gasteiger partial charge in [0.15, 0.2) is 0 Å². The van der Waals surface area contributed by atoms with E-state index < -0.39 is 0 Å². The third-order valence-corrected chi connectivity index (χ3v) is 10.4. The van der Waals surface area contributed by atoms with Gasteiger partial charge in [0, 0.05) is 5.41 Å². The quantitative estimate of drug-likeness (QED) is 0.368. The molecule has 0 saturated carbocycles. The molecule has 0 aromatic heterocycles. The SMILES string of the molecule is C=C(C)CCc1cc(CC)c2c(c1C)C(=C)C1=C(C)[C@@]3(C)C(=C)C(C(=C)C)=C(C)C[C@@]3(C)C[C@@]1(C)C2. The van der Waals surface area contributed by atoms with Crippen LogP contribution in [0.4, 0.5) is 0 Å². The monoisotopic (exact) mass is 480 g/mol. The van der Waals surface area contributed by atoms with Crippen LogP contribution in [-0.4, -0.2) is 0 Å². The lowest BCUT2D eigenvalue weighted by Crippen LogP contribution is -2.52. The zero-order valence-electron chi connectivity index (χ0n) is 24.6. The first-order valence-electron chi connectivity index (χ1n) is 13.9. The van der Waals surface area contributed by atoms with Crippen molar-refractivity contribution in [1.82, 2.24) is 0 Å². The minimum Gasteiger partial charge on any atom is -0.100 e. The van der Waals surface area contributed by atoms with Crippen molar-refractivity contribution in [2.24, 2.45) is 16.2 Å². The third kappa shape index (κ3) is 3.54. The fourth-order valence-electron chi connectivity index (χ4n) is 8.66. The Labute approximate surface area is 221 Å². The predicted octanol–water partition coefficient (Wildman–Crippen LogP) is 10.2. The molecule has 0 unspecified atom stereocenters. The average Bonchev–Trinajstić information content (AvgIpc) is 2.75. The van der Waals surface area contributed by atoms with Crippen molar-refractivity contribution in [3.05, 3.63) is 99.2 Å². The van der Waals surface area contributed by atoms with Gasteiger partial charge >= 0.3 is 0 Å². The van der Waals surface area contributed by atoms with Crippen molar-refractivity contribution in [2.75, 3.05) is 0 Å². The van der Waals surface area contributed by atoms with Crippen LogP contribution in [0.5, 0.6) is 0 Å². The molecule has 0 fully saturated rings. The highest BCUT2D eigenvalue weighted by atomic mass is 14.6. The maximum Gasteiger partial charge on any atom is 0.0194 e. The van der Waals surface area contributed by atoms with Crippen LogP contribution < -0.4 is 0 Å². The summed E-state index contributed by atoms with van der Waals surface area (Å²) in [6.07, 6.45) is 6.53. The van der Waals surface area contributed by atoms with Gasteiger partial charge in [-0.05, 0) is 134 Å². The molecule has 0 radical (unpaired) electrons. The van der Waals surface area contributed by atoms with Gasteiger partial charge < -0.3 is 0 Å².